The molecule has 0 fully saturated rings. The molecule has 0 aliphatic rings. The molecule has 1 aromatic carbocycles. The van der Waals surface area contributed by atoms with Crippen LogP contribution < -0.4 is 4.72 Å². The second-order valence-electron chi connectivity index (χ2n) is 15.3. The highest BCUT2D eigenvalue weighted by Crippen LogP contribution is 2.42. The summed E-state index contributed by atoms with van der Waals surface area (Å²) in [5.74, 6) is -0.331. The lowest BCUT2D eigenvalue weighted by atomic mass is 9.86. The number of carbonyl (C=O) groups excluding carboxylic acids is 1. The summed E-state index contributed by atoms with van der Waals surface area (Å²) in [6, 6.07) is 7.70. The molecular weight excluding hydrogens is 559 g/mol. The van der Waals surface area contributed by atoms with E-state index in [4.69, 9.17) is 9.16 Å². The summed E-state index contributed by atoms with van der Waals surface area (Å²) in [6.45, 7) is 29.0. The summed E-state index contributed by atoms with van der Waals surface area (Å²) in [7, 11) is -0.982. The molecule has 6 nitrogen and oxygen atoms in total. The molecule has 0 amide bonds. The highest BCUT2D eigenvalue weighted by molar-refractivity contribution is 7.93. The molecular formula is C31H57NO5S2Si. The van der Waals surface area contributed by atoms with Crippen LogP contribution in [0.2, 0.25) is 18.1 Å². The van der Waals surface area contributed by atoms with E-state index < -0.39 is 57.7 Å². The lowest BCUT2D eigenvalue weighted by Gasteiger charge is -2.44. The van der Waals surface area contributed by atoms with Gasteiger partial charge in [-0.2, -0.15) is 0 Å². The molecule has 1 aromatic rings. The monoisotopic (exact) mass is 615 g/mol. The Kier molecular flexibility index (Phi) is 13.0. The van der Waals surface area contributed by atoms with E-state index in [0.29, 0.717) is 6.42 Å². The summed E-state index contributed by atoms with van der Waals surface area (Å²) < 4.78 is 42.4. The van der Waals surface area contributed by atoms with Gasteiger partial charge in [-0.05, 0) is 88.2 Å². The van der Waals surface area contributed by atoms with Gasteiger partial charge in [-0.25, -0.2) is 0 Å². The zero-order valence-corrected chi connectivity index (χ0v) is 30.4. The van der Waals surface area contributed by atoms with Crippen LogP contribution in [0.5, 0.6) is 0 Å². The predicted octanol–water partition coefficient (Wildman–Crippen LogP) is 7.34. The summed E-state index contributed by atoms with van der Waals surface area (Å²) in [4.78, 5) is 12.3. The van der Waals surface area contributed by atoms with Gasteiger partial charge in [0.2, 0.25) is 0 Å². The maximum Gasteiger partial charge on any atom is 0.305 e. The van der Waals surface area contributed by atoms with E-state index >= 15 is 0 Å². The smallest absolute Gasteiger partial charge is 0.305 e. The van der Waals surface area contributed by atoms with Crippen molar-refractivity contribution in [2.24, 2.45) is 0 Å². The summed E-state index contributed by atoms with van der Waals surface area (Å²) in [5.41, 5.74) is 2.04. The molecule has 1 rings (SSSR count). The number of carbonyl (C=O) groups is 1. The van der Waals surface area contributed by atoms with Crippen LogP contribution in [0.4, 0.5) is 0 Å². The second kappa shape index (κ2) is 13.8. The molecule has 0 aliphatic carbocycles. The van der Waals surface area contributed by atoms with E-state index in [1.165, 1.54) is 12.7 Å². The van der Waals surface area contributed by atoms with E-state index in [2.05, 4.69) is 71.5 Å². The number of methoxy groups -OCH3 is 1. The minimum absolute atomic E-state index is 0.0307. The van der Waals surface area contributed by atoms with E-state index in [-0.39, 0.29) is 22.8 Å². The van der Waals surface area contributed by atoms with Gasteiger partial charge < -0.3 is 18.3 Å². The molecule has 232 valence electrons. The number of benzene rings is 1. The SMILES string of the molecule is COC(=O)CC[C@H](O[Si](C)(C)C(C)(C)C)C(N[S@@+]([O-])C(C)(C)C)C(c1ccc(C(C)(C)C)cc1)[S@@+]([O-])C(C)(C)C. The van der Waals surface area contributed by atoms with Gasteiger partial charge in [-0.15, -0.1) is 4.72 Å². The van der Waals surface area contributed by atoms with E-state index in [1.54, 1.807) is 0 Å². The number of nitrogens with one attached hydrogen (secondary N) is 1. The van der Waals surface area contributed by atoms with Crippen molar-refractivity contribution in [3.8, 4) is 0 Å². The first kappa shape index (κ1) is 37.5. The summed E-state index contributed by atoms with van der Waals surface area (Å²) >= 11 is -2.87. The number of rotatable bonds is 11. The van der Waals surface area contributed by atoms with Gasteiger partial charge in [0.05, 0.1) is 13.2 Å². The van der Waals surface area contributed by atoms with Gasteiger partial charge in [-0.1, -0.05) is 65.8 Å². The maximum absolute atomic E-state index is 14.4. The number of esters is 1. The van der Waals surface area contributed by atoms with Crippen LogP contribution >= 0.6 is 0 Å². The van der Waals surface area contributed by atoms with Crippen molar-refractivity contribution >= 4 is 36.8 Å². The molecule has 0 heterocycles. The van der Waals surface area contributed by atoms with Crippen LogP contribution in [-0.4, -0.2) is 52.1 Å². The third-order valence-electron chi connectivity index (χ3n) is 7.58. The number of hydrogen-bond acceptors (Lipinski definition) is 6. The zero-order valence-electron chi connectivity index (χ0n) is 27.8. The molecule has 0 aliphatic heterocycles. The summed E-state index contributed by atoms with van der Waals surface area (Å²) in [6.07, 6.45) is -0.0192. The Morgan fingerprint density at radius 2 is 1.40 bits per heavy atom. The lowest BCUT2D eigenvalue weighted by molar-refractivity contribution is -0.141. The fourth-order valence-electron chi connectivity index (χ4n) is 3.88. The second-order valence-corrected chi connectivity index (χ2v) is 24.3. The lowest BCUT2D eigenvalue weighted by Crippen LogP contribution is -2.58. The normalized spacial score (nSPS) is 17.6. The van der Waals surface area contributed by atoms with Gasteiger partial charge >= 0.3 is 5.97 Å². The van der Waals surface area contributed by atoms with Gasteiger partial charge in [0, 0.05) is 23.3 Å². The first-order valence-corrected chi connectivity index (χ1v) is 19.5. The first-order valence-electron chi connectivity index (χ1n) is 14.3. The fourth-order valence-corrected chi connectivity index (χ4v) is 7.91. The van der Waals surface area contributed by atoms with Crippen LogP contribution in [0.3, 0.4) is 0 Å². The average molecular weight is 616 g/mol. The maximum atomic E-state index is 14.4. The van der Waals surface area contributed by atoms with Crippen LogP contribution in [0.25, 0.3) is 0 Å². The Morgan fingerprint density at radius 3 is 1.77 bits per heavy atom. The van der Waals surface area contributed by atoms with Gasteiger partial charge in [0.25, 0.3) is 0 Å². The Morgan fingerprint density at radius 1 is 0.900 bits per heavy atom. The Labute approximate surface area is 252 Å². The van der Waals surface area contributed by atoms with E-state index in [0.717, 1.165) is 5.56 Å². The summed E-state index contributed by atoms with van der Waals surface area (Å²) in [5, 5.41) is -0.634. The molecule has 9 heteroatoms. The molecule has 1 N–H and O–H groups in total. The number of hydrogen-bond donors (Lipinski definition) is 1. The van der Waals surface area contributed by atoms with Gasteiger partial charge in [-0.3, -0.25) is 4.79 Å². The van der Waals surface area contributed by atoms with Crippen molar-refractivity contribution in [2.45, 2.75) is 146 Å². The van der Waals surface area contributed by atoms with Crippen LogP contribution in [0.1, 0.15) is 112 Å². The Bertz CT molecular complexity index is 943. The topological polar surface area (TPSA) is 93.7 Å². The molecule has 0 saturated carbocycles. The van der Waals surface area contributed by atoms with Crippen LogP contribution in [0.15, 0.2) is 24.3 Å². The molecule has 5 atom stereocenters. The van der Waals surface area contributed by atoms with Gasteiger partial charge in [0.1, 0.15) is 15.5 Å². The average Bonchev–Trinajstić information content (AvgIpc) is 2.78. The van der Waals surface area contributed by atoms with Crippen molar-refractivity contribution < 1.29 is 23.1 Å². The predicted molar refractivity (Wildman–Crippen MR) is 174 cm³/mol. The van der Waals surface area contributed by atoms with Crippen molar-refractivity contribution in [3.63, 3.8) is 0 Å². The molecule has 0 saturated heterocycles. The molecule has 40 heavy (non-hydrogen) atoms. The minimum Gasteiger partial charge on any atom is -0.615 e. The number of ether oxygens (including phenoxy) is 1. The quantitative estimate of drug-likeness (QED) is 0.159. The highest BCUT2D eigenvalue weighted by Gasteiger charge is 2.50. The van der Waals surface area contributed by atoms with E-state index in [9.17, 15) is 13.9 Å². The van der Waals surface area contributed by atoms with Crippen molar-refractivity contribution in [1.82, 2.24) is 4.72 Å². The minimum atomic E-state index is -2.36. The molecule has 0 aromatic heterocycles. The molecule has 0 spiro atoms. The fraction of sp³-hybridized carbons (Fsp3) is 0.774. The van der Waals surface area contributed by atoms with E-state index in [1.807, 2.05) is 53.7 Å². The van der Waals surface area contributed by atoms with Crippen LogP contribution in [0, 0.1) is 0 Å². The highest BCUT2D eigenvalue weighted by atomic mass is 32.2. The zero-order chi connectivity index (χ0) is 31.5. The Balaban J connectivity index is 3.90. The Hall–Kier alpha value is -0.553. The van der Waals surface area contributed by atoms with Crippen LogP contribution in [-0.2, 0) is 41.9 Å². The first-order chi connectivity index (χ1) is 17.8. The van der Waals surface area contributed by atoms with Crippen molar-refractivity contribution in [1.29, 1.82) is 0 Å². The van der Waals surface area contributed by atoms with Gasteiger partial charge in [0.15, 0.2) is 13.6 Å². The van der Waals surface area contributed by atoms with Crippen molar-refractivity contribution in [2.75, 3.05) is 7.11 Å². The largest absolute Gasteiger partial charge is 0.615 e. The molecule has 0 radical (unpaired) electrons. The molecule has 2 unspecified atom stereocenters. The third kappa shape index (κ3) is 10.6. The molecule has 0 bridgehead atoms. The standard InChI is InChI=1S/C31H57NO5S2Si/c1-28(2,3)23-18-16-22(17-19-23)27(38(34)29(4,5)6)26(32-39(35)30(7,8)9)24(20-21-25(33)36-13)37-40(14,15)31(10,11)12/h16-19,24,26-27,32H,20-21H2,1-15H3/t24-,26?,27?,38+,39-/m0/s1. The van der Waals surface area contributed by atoms with Crippen molar-refractivity contribution in [3.05, 3.63) is 35.4 Å². The third-order valence-corrected chi connectivity index (χ3v) is 15.9.